The third-order valence-corrected chi connectivity index (χ3v) is 7.58. The average Bonchev–Trinajstić information content (AvgIpc) is 2.98. The first-order valence-corrected chi connectivity index (χ1v) is 13.2. The zero-order valence-corrected chi connectivity index (χ0v) is 22.0. The maximum absolute atomic E-state index is 11.5. The van der Waals surface area contributed by atoms with E-state index in [1.165, 1.54) is 0 Å². The van der Waals surface area contributed by atoms with Crippen molar-refractivity contribution in [3.05, 3.63) is 30.1 Å². The van der Waals surface area contributed by atoms with Gasteiger partial charge in [-0.05, 0) is 17.7 Å². The summed E-state index contributed by atoms with van der Waals surface area (Å²) in [6.45, 7) is -1.83. The van der Waals surface area contributed by atoms with Gasteiger partial charge in [0.15, 0.2) is 18.9 Å². The first kappa shape index (κ1) is 32.4. The number of rotatable bonds is 10. The van der Waals surface area contributed by atoms with E-state index in [0.29, 0.717) is 0 Å². The fourth-order valence-electron chi connectivity index (χ4n) is 5.11. The van der Waals surface area contributed by atoms with Gasteiger partial charge in [-0.15, -0.1) is 0 Å². The number of nitrogens with zero attached hydrogens (tertiary/aromatic N) is 1. The van der Waals surface area contributed by atoms with Crippen molar-refractivity contribution in [1.29, 1.82) is 0 Å². The van der Waals surface area contributed by atoms with Gasteiger partial charge >= 0.3 is 0 Å². The molecule has 0 spiro atoms. The summed E-state index contributed by atoms with van der Waals surface area (Å²) in [5.41, 5.74) is 12.6. The largest absolute Gasteiger partial charge is 0.394 e. The lowest BCUT2D eigenvalue weighted by atomic mass is 9.94. The molecule has 17 heteroatoms. The smallest absolute Gasteiger partial charge is 0.176 e. The summed E-state index contributed by atoms with van der Waals surface area (Å²) >= 11 is 0. The Balaban J connectivity index is 1.58. The second-order valence-corrected chi connectivity index (χ2v) is 10.3. The third kappa shape index (κ3) is 7.02. The predicted octanol–water partition coefficient (Wildman–Crippen LogP) is -6.45. The minimum Gasteiger partial charge on any atom is -0.394 e. The van der Waals surface area contributed by atoms with Crippen molar-refractivity contribution in [2.45, 2.75) is 98.5 Å². The number of hydrogen-bond donors (Lipinski definition) is 11. The van der Waals surface area contributed by atoms with E-state index in [2.05, 4.69) is 10.3 Å². The van der Waals surface area contributed by atoms with Gasteiger partial charge in [0.2, 0.25) is 0 Å². The van der Waals surface area contributed by atoms with Gasteiger partial charge in [-0.2, -0.15) is 0 Å². The molecular formula is C24H40N4O13. The molecule has 0 aliphatic carbocycles. The number of aliphatic hydroxyl groups is 8. The van der Waals surface area contributed by atoms with E-state index in [-0.39, 0.29) is 6.54 Å². The van der Waals surface area contributed by atoms with Gasteiger partial charge in [0.1, 0.15) is 54.9 Å². The second kappa shape index (κ2) is 14.3. The fraction of sp³-hybridized carbons (Fsp3) is 0.792. The van der Waals surface area contributed by atoms with Crippen molar-refractivity contribution in [2.75, 3.05) is 19.8 Å². The number of nitrogens with two attached hydrogens (primary N) is 2. The lowest BCUT2D eigenvalue weighted by Crippen LogP contribution is -2.69. The van der Waals surface area contributed by atoms with Gasteiger partial charge in [-0.25, -0.2) is 0 Å². The molecule has 17 nitrogen and oxygen atoms in total. The van der Waals surface area contributed by atoms with Crippen molar-refractivity contribution >= 4 is 0 Å². The van der Waals surface area contributed by atoms with Crippen molar-refractivity contribution in [3.63, 3.8) is 0 Å². The first-order valence-electron chi connectivity index (χ1n) is 13.2. The summed E-state index contributed by atoms with van der Waals surface area (Å²) in [5.74, 6) is 0. The molecule has 0 radical (unpaired) electrons. The van der Waals surface area contributed by atoms with E-state index in [0.717, 1.165) is 5.56 Å². The van der Waals surface area contributed by atoms with E-state index in [1.807, 2.05) is 0 Å². The molecule has 3 saturated heterocycles. The number of hydrogen-bond acceptors (Lipinski definition) is 17. The van der Waals surface area contributed by atoms with E-state index in [4.69, 9.17) is 35.2 Å². The van der Waals surface area contributed by atoms with E-state index >= 15 is 0 Å². The van der Waals surface area contributed by atoms with Crippen LogP contribution < -0.4 is 16.8 Å². The minimum absolute atomic E-state index is 0.173. The highest BCUT2D eigenvalue weighted by Gasteiger charge is 2.53. The molecule has 0 saturated carbocycles. The van der Waals surface area contributed by atoms with Crippen LogP contribution in [0.4, 0.5) is 0 Å². The number of aromatic nitrogens is 1. The zero-order chi connectivity index (χ0) is 29.8. The highest BCUT2D eigenvalue weighted by Crippen LogP contribution is 2.32. The normalized spacial score (nSPS) is 45.5. The second-order valence-electron chi connectivity index (χ2n) is 10.3. The Kier molecular flexibility index (Phi) is 11.3. The highest BCUT2D eigenvalue weighted by atomic mass is 16.7. The maximum atomic E-state index is 11.5. The molecule has 1 aromatic rings. The minimum atomic E-state index is -1.57. The summed E-state index contributed by atoms with van der Waals surface area (Å²) in [7, 11) is 0. The van der Waals surface area contributed by atoms with Gasteiger partial charge in [0.05, 0.1) is 37.9 Å². The van der Waals surface area contributed by atoms with Crippen LogP contribution in [0.5, 0.6) is 0 Å². The molecule has 3 fully saturated rings. The van der Waals surface area contributed by atoms with E-state index in [1.54, 1.807) is 24.5 Å². The molecule has 13 N–H and O–H groups in total. The van der Waals surface area contributed by atoms with Gasteiger partial charge in [0.25, 0.3) is 0 Å². The fourth-order valence-corrected chi connectivity index (χ4v) is 5.11. The topological polar surface area (TPSA) is 285 Å². The Morgan fingerprint density at radius 1 is 0.707 bits per heavy atom. The number of pyridine rings is 1. The Labute approximate surface area is 235 Å². The van der Waals surface area contributed by atoms with Gasteiger partial charge < -0.3 is 81.3 Å². The quantitative estimate of drug-likeness (QED) is 0.120. The van der Waals surface area contributed by atoms with E-state index in [9.17, 15) is 40.9 Å². The molecule has 0 amide bonds. The number of ether oxygens (including phenoxy) is 5. The Bertz CT molecular complexity index is 936. The molecule has 41 heavy (non-hydrogen) atoms. The summed E-state index contributed by atoms with van der Waals surface area (Å²) in [6.07, 6.45) is -13.6. The van der Waals surface area contributed by atoms with Crippen molar-refractivity contribution in [1.82, 2.24) is 10.3 Å². The van der Waals surface area contributed by atoms with Crippen molar-refractivity contribution in [3.8, 4) is 0 Å². The lowest BCUT2D eigenvalue weighted by molar-refractivity contribution is -0.350. The molecule has 1 aromatic heterocycles. The molecule has 234 valence electrons. The Hall–Kier alpha value is -1.49. The number of nitrogens with one attached hydrogen (secondary N) is 1. The summed E-state index contributed by atoms with van der Waals surface area (Å²) < 4.78 is 28.6. The van der Waals surface area contributed by atoms with Crippen LogP contribution in [0.25, 0.3) is 0 Å². The standard InChI is InChI=1S/C24H40N4O13/c25-13-18(34)20(11(7-30)37-22(13)36)41-24-15(28-5-9-1-3-27-4-2-9)19(35)21(12(8-31)39-24)40-23-14(26)17(33)16(32)10(6-29)38-23/h1-4,10-24,28-36H,5-8,25-26H2/t10-,11-,12-,13-,14-,15-,16-,17-,18-,19-,20?,21?,22-,23+,24+/m1/s1. The van der Waals surface area contributed by atoms with Gasteiger partial charge in [-0.3, -0.25) is 4.98 Å². The van der Waals surface area contributed by atoms with Gasteiger partial charge in [-0.1, -0.05) is 0 Å². The molecule has 0 aromatic carbocycles. The van der Waals surface area contributed by atoms with E-state index < -0.39 is 112 Å². The molecule has 15 atom stereocenters. The summed E-state index contributed by atoms with van der Waals surface area (Å²) in [6, 6.07) is -0.239. The number of aliphatic hydroxyl groups excluding tert-OH is 8. The molecular weight excluding hydrogens is 552 g/mol. The van der Waals surface area contributed by atoms with Gasteiger partial charge in [0, 0.05) is 18.9 Å². The van der Waals surface area contributed by atoms with Crippen LogP contribution in [0.1, 0.15) is 5.56 Å². The molecule has 4 rings (SSSR count). The summed E-state index contributed by atoms with van der Waals surface area (Å²) in [5, 5.41) is 85.2. The van der Waals surface area contributed by atoms with Crippen LogP contribution in [0.2, 0.25) is 0 Å². The summed E-state index contributed by atoms with van der Waals surface area (Å²) in [4.78, 5) is 3.96. The predicted molar refractivity (Wildman–Crippen MR) is 134 cm³/mol. The zero-order valence-electron chi connectivity index (χ0n) is 22.0. The first-order chi connectivity index (χ1) is 19.6. The van der Waals surface area contributed by atoms with Crippen LogP contribution in [0.15, 0.2) is 24.5 Å². The third-order valence-electron chi connectivity index (χ3n) is 7.58. The highest BCUT2D eigenvalue weighted by molar-refractivity contribution is 5.10. The van der Waals surface area contributed by atoms with Crippen LogP contribution in [-0.4, -0.2) is 158 Å². The molecule has 2 unspecified atom stereocenters. The van der Waals surface area contributed by atoms with Crippen molar-refractivity contribution in [2.24, 2.45) is 11.5 Å². The molecule has 3 aliphatic rings. The Morgan fingerprint density at radius 2 is 1.27 bits per heavy atom. The SMILES string of the molecule is N[C@H]1[C@H](OC2[C@@H](CO)O[C@@H](OC3[C@@H](CO)O[C@@H](O)[C@H](N)[C@H]3O)[C@H](NCc3ccncc3)[C@H]2O)O[C@H](CO)[C@@H](O)[C@@H]1O. The molecule has 3 aliphatic heterocycles. The van der Waals surface area contributed by atoms with Crippen LogP contribution in [0, 0.1) is 0 Å². The van der Waals surface area contributed by atoms with Crippen LogP contribution in [0.3, 0.4) is 0 Å². The monoisotopic (exact) mass is 592 g/mol. The molecule has 4 heterocycles. The average molecular weight is 593 g/mol. The maximum Gasteiger partial charge on any atom is 0.176 e. The van der Waals surface area contributed by atoms with Crippen LogP contribution >= 0.6 is 0 Å². The Morgan fingerprint density at radius 3 is 1.90 bits per heavy atom. The molecule has 0 bridgehead atoms. The lowest BCUT2D eigenvalue weighted by Gasteiger charge is -2.49. The van der Waals surface area contributed by atoms with Crippen LogP contribution in [-0.2, 0) is 30.2 Å². The van der Waals surface area contributed by atoms with Crippen molar-refractivity contribution < 1.29 is 64.5 Å².